The quantitative estimate of drug-likeness (QED) is 0.855. The van der Waals surface area contributed by atoms with Crippen molar-refractivity contribution in [3.05, 3.63) is 53.3 Å². The van der Waals surface area contributed by atoms with Gasteiger partial charge in [-0.15, -0.1) is 0 Å². The van der Waals surface area contributed by atoms with Gasteiger partial charge in [0, 0.05) is 6.20 Å². The summed E-state index contributed by atoms with van der Waals surface area (Å²) >= 11 is 5.73. The minimum atomic E-state index is -4.08. The lowest BCUT2D eigenvalue weighted by Gasteiger charge is -2.16. The first-order valence-corrected chi connectivity index (χ1v) is 8.33. The zero-order valence-corrected chi connectivity index (χ0v) is 13.5. The zero-order valence-electron chi connectivity index (χ0n) is 11.9. The van der Waals surface area contributed by atoms with Gasteiger partial charge in [0.05, 0.1) is 16.8 Å². The van der Waals surface area contributed by atoms with Crippen LogP contribution in [0.1, 0.15) is 18.7 Å². The number of nitrogens with one attached hydrogen (secondary N) is 1. The van der Waals surface area contributed by atoms with E-state index in [0.717, 1.165) is 6.07 Å². The Kier molecular flexibility index (Phi) is 5.51. The maximum atomic E-state index is 12.4. The van der Waals surface area contributed by atoms with Crippen molar-refractivity contribution in [2.45, 2.75) is 24.5 Å². The van der Waals surface area contributed by atoms with E-state index in [2.05, 4.69) is 14.4 Å². The van der Waals surface area contributed by atoms with Crippen LogP contribution in [0.25, 0.3) is 0 Å². The maximum absolute atomic E-state index is 12.4. The Labute approximate surface area is 137 Å². The van der Waals surface area contributed by atoms with Gasteiger partial charge in [-0.2, -0.15) is 8.78 Å². The van der Waals surface area contributed by atoms with E-state index in [9.17, 15) is 17.2 Å². The molecule has 1 heterocycles. The van der Waals surface area contributed by atoms with Crippen molar-refractivity contribution in [2.75, 3.05) is 0 Å². The molecule has 2 aromatic rings. The van der Waals surface area contributed by atoms with Gasteiger partial charge in [0.25, 0.3) is 0 Å². The van der Waals surface area contributed by atoms with Crippen LogP contribution in [0.15, 0.2) is 47.5 Å². The number of nitrogens with zero attached hydrogens (tertiary/aromatic N) is 1. The summed E-state index contributed by atoms with van der Waals surface area (Å²) < 4.78 is 56.2. The molecule has 0 aliphatic carbocycles. The smallest absolute Gasteiger partial charge is 0.387 e. The number of alkyl halides is 2. The number of para-hydroxylation sites is 1. The largest absolute Gasteiger partial charge is 0.433 e. The number of rotatable bonds is 6. The summed E-state index contributed by atoms with van der Waals surface area (Å²) in [6.45, 7) is -1.55. The second-order valence-electron chi connectivity index (χ2n) is 4.57. The zero-order chi connectivity index (χ0) is 17.0. The number of pyridine rings is 1. The standard InChI is InChI=1S/C14H13ClF2N2O3S/c1-9(11-7-6-10(15)8-18-11)19-23(20,21)13-5-3-2-4-12(13)22-14(16)17/h2-9,14,19H,1H3/t9-/m0/s1. The Morgan fingerprint density at radius 3 is 2.52 bits per heavy atom. The molecule has 9 heteroatoms. The Morgan fingerprint density at radius 1 is 1.22 bits per heavy atom. The van der Waals surface area contributed by atoms with E-state index in [1.807, 2.05) is 0 Å². The Morgan fingerprint density at radius 2 is 1.91 bits per heavy atom. The van der Waals surface area contributed by atoms with Crippen molar-refractivity contribution in [3.8, 4) is 5.75 Å². The molecule has 0 unspecified atom stereocenters. The lowest BCUT2D eigenvalue weighted by atomic mass is 10.2. The van der Waals surface area contributed by atoms with Crippen LogP contribution in [0, 0.1) is 0 Å². The molecule has 0 fully saturated rings. The van der Waals surface area contributed by atoms with Gasteiger partial charge in [-0.1, -0.05) is 23.7 Å². The van der Waals surface area contributed by atoms with E-state index in [1.54, 1.807) is 19.1 Å². The van der Waals surface area contributed by atoms with Gasteiger partial charge in [0.2, 0.25) is 10.0 Å². The molecule has 0 saturated carbocycles. The number of aromatic nitrogens is 1. The second-order valence-corrected chi connectivity index (χ2v) is 6.69. The van der Waals surface area contributed by atoms with E-state index in [0.29, 0.717) is 10.7 Å². The van der Waals surface area contributed by atoms with Crippen LogP contribution < -0.4 is 9.46 Å². The first kappa shape index (κ1) is 17.6. The molecule has 0 amide bonds. The fraction of sp³-hybridized carbons (Fsp3) is 0.214. The molecular formula is C14H13ClF2N2O3S. The number of hydrogen-bond acceptors (Lipinski definition) is 4. The van der Waals surface area contributed by atoms with Gasteiger partial charge in [-0.05, 0) is 31.2 Å². The average molecular weight is 363 g/mol. The molecule has 5 nitrogen and oxygen atoms in total. The van der Waals surface area contributed by atoms with Crippen LogP contribution in [0.4, 0.5) is 8.78 Å². The minimum Gasteiger partial charge on any atom is -0.433 e. The summed E-state index contributed by atoms with van der Waals surface area (Å²) in [5.41, 5.74) is 0.435. The molecule has 1 atom stereocenters. The molecular weight excluding hydrogens is 350 g/mol. The van der Waals surface area contributed by atoms with Crippen molar-refractivity contribution in [1.82, 2.24) is 9.71 Å². The summed E-state index contributed by atoms with van der Waals surface area (Å²) in [6.07, 6.45) is 1.38. The fourth-order valence-corrected chi connectivity index (χ4v) is 3.33. The third-order valence-corrected chi connectivity index (χ3v) is 4.68. The van der Waals surface area contributed by atoms with Crippen LogP contribution in [0.2, 0.25) is 5.02 Å². The van der Waals surface area contributed by atoms with Crippen molar-refractivity contribution in [3.63, 3.8) is 0 Å². The fourth-order valence-electron chi connectivity index (χ4n) is 1.87. The normalized spacial score (nSPS) is 13.1. The highest BCUT2D eigenvalue weighted by molar-refractivity contribution is 7.89. The van der Waals surface area contributed by atoms with Crippen molar-refractivity contribution in [2.24, 2.45) is 0 Å². The van der Waals surface area contributed by atoms with Crippen LogP contribution in [-0.4, -0.2) is 20.0 Å². The Bertz CT molecular complexity index is 770. The topological polar surface area (TPSA) is 68.3 Å². The van der Waals surface area contributed by atoms with Gasteiger partial charge in [-0.25, -0.2) is 13.1 Å². The molecule has 23 heavy (non-hydrogen) atoms. The summed E-state index contributed by atoms with van der Waals surface area (Å²) in [4.78, 5) is 3.64. The summed E-state index contributed by atoms with van der Waals surface area (Å²) in [5, 5.41) is 0.416. The second kappa shape index (κ2) is 7.20. The van der Waals surface area contributed by atoms with E-state index >= 15 is 0 Å². The lowest BCUT2D eigenvalue weighted by molar-refractivity contribution is -0.0517. The SMILES string of the molecule is C[C@H](NS(=O)(=O)c1ccccc1OC(F)F)c1ccc(Cl)cn1. The lowest BCUT2D eigenvalue weighted by Crippen LogP contribution is -2.28. The molecule has 124 valence electrons. The van der Waals surface area contributed by atoms with Gasteiger partial charge in [-0.3, -0.25) is 4.98 Å². The van der Waals surface area contributed by atoms with Crippen LogP contribution >= 0.6 is 11.6 Å². The average Bonchev–Trinajstić information content (AvgIpc) is 2.47. The number of benzene rings is 1. The summed E-state index contributed by atoms with van der Waals surface area (Å²) in [7, 11) is -4.08. The molecule has 0 bridgehead atoms. The first-order chi connectivity index (χ1) is 10.8. The summed E-state index contributed by atoms with van der Waals surface area (Å²) in [5.74, 6) is -0.425. The predicted octanol–water partition coefficient (Wildman–Crippen LogP) is 3.38. The third kappa shape index (κ3) is 4.60. The van der Waals surface area contributed by atoms with Gasteiger partial charge >= 0.3 is 6.61 Å². The maximum Gasteiger partial charge on any atom is 0.387 e. The molecule has 0 spiro atoms. The van der Waals surface area contributed by atoms with E-state index in [-0.39, 0.29) is 4.90 Å². The molecule has 0 saturated heterocycles. The predicted molar refractivity (Wildman–Crippen MR) is 81.1 cm³/mol. The molecule has 0 aliphatic heterocycles. The number of sulfonamides is 1. The van der Waals surface area contributed by atoms with E-state index in [1.165, 1.54) is 24.4 Å². The molecule has 2 rings (SSSR count). The molecule has 1 N–H and O–H groups in total. The minimum absolute atomic E-state index is 0.374. The third-order valence-electron chi connectivity index (χ3n) is 2.88. The highest BCUT2D eigenvalue weighted by Gasteiger charge is 2.24. The Hall–Kier alpha value is -1.77. The van der Waals surface area contributed by atoms with Crippen molar-refractivity contribution in [1.29, 1.82) is 0 Å². The highest BCUT2D eigenvalue weighted by atomic mass is 35.5. The van der Waals surface area contributed by atoms with Gasteiger partial charge in [0.1, 0.15) is 10.6 Å². The number of halogens is 3. The van der Waals surface area contributed by atoms with Crippen LogP contribution in [0.5, 0.6) is 5.75 Å². The summed E-state index contributed by atoms with van der Waals surface area (Å²) in [6, 6.07) is 7.61. The van der Waals surface area contributed by atoms with Crippen LogP contribution in [-0.2, 0) is 10.0 Å². The van der Waals surface area contributed by atoms with E-state index in [4.69, 9.17) is 11.6 Å². The van der Waals surface area contributed by atoms with Gasteiger partial charge in [0.15, 0.2) is 0 Å². The van der Waals surface area contributed by atoms with Crippen molar-refractivity contribution >= 4 is 21.6 Å². The molecule has 1 aromatic carbocycles. The first-order valence-electron chi connectivity index (χ1n) is 6.47. The number of ether oxygens (including phenoxy) is 1. The van der Waals surface area contributed by atoms with Gasteiger partial charge < -0.3 is 4.74 Å². The molecule has 0 aliphatic rings. The molecule has 1 aromatic heterocycles. The van der Waals surface area contributed by atoms with Crippen molar-refractivity contribution < 1.29 is 21.9 Å². The molecule has 0 radical (unpaired) electrons. The number of hydrogen-bond donors (Lipinski definition) is 1. The monoisotopic (exact) mass is 362 g/mol. The highest BCUT2D eigenvalue weighted by Crippen LogP contribution is 2.26. The Balaban J connectivity index is 2.27. The van der Waals surface area contributed by atoms with E-state index < -0.39 is 28.4 Å². The van der Waals surface area contributed by atoms with Crippen LogP contribution in [0.3, 0.4) is 0 Å².